The maximum atomic E-state index is 10.7. The molecule has 2 rings (SSSR count). The summed E-state index contributed by atoms with van der Waals surface area (Å²) in [6.07, 6.45) is 5.80. The quantitative estimate of drug-likeness (QED) is 0.686. The fourth-order valence-electron chi connectivity index (χ4n) is 2.82. The van der Waals surface area contributed by atoms with Gasteiger partial charge in [-0.05, 0) is 37.0 Å². The zero-order chi connectivity index (χ0) is 8.77. The zero-order valence-corrected chi connectivity index (χ0v) is 7.55. The van der Waals surface area contributed by atoms with Gasteiger partial charge in [0.25, 0.3) is 0 Å². The third kappa shape index (κ3) is 1.05. The molecule has 0 saturated heterocycles. The second kappa shape index (κ2) is 2.48. The van der Waals surface area contributed by atoms with Crippen molar-refractivity contribution in [2.75, 3.05) is 0 Å². The fraction of sp³-hybridized carbons (Fsp3) is 0.900. The molecule has 68 valence electrons. The number of hydrogen-bond donors (Lipinski definition) is 1. The van der Waals surface area contributed by atoms with Crippen molar-refractivity contribution in [3.63, 3.8) is 0 Å². The third-order valence-electron chi connectivity index (χ3n) is 3.81. The van der Waals surface area contributed by atoms with Crippen LogP contribution in [0, 0.1) is 17.3 Å². The molecule has 2 nitrogen and oxygen atoms in total. The molecule has 3 atom stereocenters. The first-order valence-corrected chi connectivity index (χ1v) is 4.91. The average Bonchev–Trinajstić information content (AvgIpc) is 2.55. The van der Waals surface area contributed by atoms with E-state index < -0.39 is 5.97 Å². The Bertz CT molecular complexity index is 212. The minimum atomic E-state index is -0.563. The highest BCUT2D eigenvalue weighted by atomic mass is 16.4. The van der Waals surface area contributed by atoms with Crippen molar-refractivity contribution < 1.29 is 9.90 Å². The van der Waals surface area contributed by atoms with Crippen LogP contribution in [0.25, 0.3) is 0 Å². The molecule has 0 heterocycles. The van der Waals surface area contributed by atoms with E-state index in [1.54, 1.807) is 0 Å². The molecule has 0 amide bonds. The summed E-state index contributed by atoms with van der Waals surface area (Å²) in [5.41, 5.74) is 0.256. The normalized spacial score (nSPS) is 45.1. The molecule has 2 aliphatic rings. The van der Waals surface area contributed by atoms with Gasteiger partial charge in [-0.2, -0.15) is 0 Å². The standard InChI is InChI=1S/C10H16O2/c1-2-7-3-4-10(5-7)6-8(10)9(11)12/h7-8H,2-6H2,1H3,(H,11,12). The molecular weight excluding hydrogens is 152 g/mol. The van der Waals surface area contributed by atoms with E-state index in [0.29, 0.717) is 0 Å². The first-order valence-electron chi connectivity index (χ1n) is 4.91. The maximum Gasteiger partial charge on any atom is 0.307 e. The average molecular weight is 168 g/mol. The van der Waals surface area contributed by atoms with Crippen molar-refractivity contribution in [2.45, 2.75) is 39.0 Å². The summed E-state index contributed by atoms with van der Waals surface area (Å²) in [5.74, 6) is 0.259. The molecule has 2 aliphatic carbocycles. The van der Waals surface area contributed by atoms with Crippen molar-refractivity contribution in [2.24, 2.45) is 17.3 Å². The molecule has 0 aromatic carbocycles. The molecule has 0 aromatic rings. The van der Waals surface area contributed by atoms with Gasteiger partial charge >= 0.3 is 5.97 Å². The van der Waals surface area contributed by atoms with Crippen LogP contribution >= 0.6 is 0 Å². The van der Waals surface area contributed by atoms with E-state index in [9.17, 15) is 4.79 Å². The predicted octanol–water partition coefficient (Wildman–Crippen LogP) is 2.29. The first-order chi connectivity index (χ1) is 5.68. The van der Waals surface area contributed by atoms with Crippen LogP contribution in [0.4, 0.5) is 0 Å². The SMILES string of the molecule is CCC1CCC2(C1)CC2C(=O)O. The van der Waals surface area contributed by atoms with Crippen molar-refractivity contribution in [1.82, 2.24) is 0 Å². The van der Waals surface area contributed by atoms with E-state index in [1.807, 2.05) is 0 Å². The van der Waals surface area contributed by atoms with E-state index in [1.165, 1.54) is 25.7 Å². The molecule has 12 heavy (non-hydrogen) atoms. The van der Waals surface area contributed by atoms with Gasteiger partial charge in [-0.1, -0.05) is 13.3 Å². The van der Waals surface area contributed by atoms with Gasteiger partial charge in [0, 0.05) is 0 Å². The molecule has 2 heteroatoms. The molecule has 2 fully saturated rings. The maximum absolute atomic E-state index is 10.7. The van der Waals surface area contributed by atoms with E-state index >= 15 is 0 Å². The summed E-state index contributed by atoms with van der Waals surface area (Å²) in [6, 6.07) is 0. The second-order valence-electron chi connectivity index (χ2n) is 4.47. The lowest BCUT2D eigenvalue weighted by Crippen LogP contribution is -2.07. The Morgan fingerprint density at radius 1 is 1.58 bits per heavy atom. The van der Waals surface area contributed by atoms with Crippen LogP contribution < -0.4 is 0 Å². The van der Waals surface area contributed by atoms with E-state index in [-0.39, 0.29) is 11.3 Å². The van der Waals surface area contributed by atoms with Gasteiger partial charge in [0.1, 0.15) is 0 Å². The van der Waals surface area contributed by atoms with Crippen LogP contribution in [0.15, 0.2) is 0 Å². The number of hydrogen-bond acceptors (Lipinski definition) is 1. The Morgan fingerprint density at radius 2 is 2.33 bits per heavy atom. The third-order valence-corrected chi connectivity index (χ3v) is 3.81. The van der Waals surface area contributed by atoms with E-state index in [0.717, 1.165) is 12.3 Å². The van der Waals surface area contributed by atoms with Crippen LogP contribution in [-0.4, -0.2) is 11.1 Å². The molecule has 3 unspecified atom stereocenters. The number of carbonyl (C=O) groups is 1. The number of aliphatic carboxylic acids is 1. The van der Waals surface area contributed by atoms with Crippen LogP contribution in [-0.2, 0) is 4.79 Å². The summed E-state index contributed by atoms with van der Waals surface area (Å²) in [7, 11) is 0. The molecule has 2 saturated carbocycles. The van der Waals surface area contributed by atoms with Gasteiger partial charge in [0.05, 0.1) is 5.92 Å². The Kier molecular flexibility index (Phi) is 1.67. The summed E-state index contributed by atoms with van der Waals surface area (Å²) < 4.78 is 0. The summed E-state index contributed by atoms with van der Waals surface area (Å²) in [4.78, 5) is 10.7. The van der Waals surface area contributed by atoms with Crippen LogP contribution in [0.2, 0.25) is 0 Å². The Labute approximate surface area is 73.0 Å². The highest BCUT2D eigenvalue weighted by Gasteiger charge is 2.60. The number of carboxylic acid groups (broad SMARTS) is 1. The van der Waals surface area contributed by atoms with Crippen LogP contribution in [0.3, 0.4) is 0 Å². The highest BCUT2D eigenvalue weighted by molar-refractivity contribution is 5.74. The van der Waals surface area contributed by atoms with Gasteiger partial charge in [0.15, 0.2) is 0 Å². The summed E-state index contributed by atoms with van der Waals surface area (Å²) in [5, 5.41) is 8.84. The van der Waals surface area contributed by atoms with Crippen LogP contribution in [0.1, 0.15) is 39.0 Å². The lowest BCUT2D eigenvalue weighted by molar-refractivity contribution is -0.139. The van der Waals surface area contributed by atoms with Gasteiger partial charge in [-0.15, -0.1) is 0 Å². The van der Waals surface area contributed by atoms with Crippen molar-refractivity contribution in [3.05, 3.63) is 0 Å². The van der Waals surface area contributed by atoms with Gasteiger partial charge in [-0.3, -0.25) is 4.79 Å². The van der Waals surface area contributed by atoms with Gasteiger partial charge in [-0.25, -0.2) is 0 Å². The molecule has 1 N–H and O–H groups in total. The Hall–Kier alpha value is -0.530. The number of rotatable bonds is 2. The fourth-order valence-corrected chi connectivity index (χ4v) is 2.82. The minimum Gasteiger partial charge on any atom is -0.481 e. The topological polar surface area (TPSA) is 37.3 Å². The monoisotopic (exact) mass is 168 g/mol. The largest absolute Gasteiger partial charge is 0.481 e. The van der Waals surface area contributed by atoms with Crippen molar-refractivity contribution in [3.8, 4) is 0 Å². The molecule has 1 spiro atoms. The predicted molar refractivity (Wildman–Crippen MR) is 45.8 cm³/mol. The lowest BCUT2D eigenvalue weighted by Gasteiger charge is -2.06. The molecule has 0 radical (unpaired) electrons. The molecular formula is C10H16O2. The number of carboxylic acids is 1. The van der Waals surface area contributed by atoms with Gasteiger partial charge < -0.3 is 5.11 Å². The Balaban J connectivity index is 1.97. The van der Waals surface area contributed by atoms with Crippen LogP contribution in [0.5, 0.6) is 0 Å². The minimum absolute atomic E-state index is 0.00838. The van der Waals surface area contributed by atoms with E-state index in [4.69, 9.17) is 5.11 Å². The molecule has 0 aromatic heterocycles. The van der Waals surface area contributed by atoms with Crippen molar-refractivity contribution >= 4 is 5.97 Å². The smallest absolute Gasteiger partial charge is 0.307 e. The molecule has 0 aliphatic heterocycles. The first kappa shape index (κ1) is 8.09. The van der Waals surface area contributed by atoms with Crippen molar-refractivity contribution in [1.29, 1.82) is 0 Å². The van der Waals surface area contributed by atoms with E-state index in [2.05, 4.69) is 6.92 Å². The highest BCUT2D eigenvalue weighted by Crippen LogP contribution is 2.64. The summed E-state index contributed by atoms with van der Waals surface area (Å²) >= 11 is 0. The van der Waals surface area contributed by atoms with Gasteiger partial charge in [0.2, 0.25) is 0 Å². The Morgan fingerprint density at radius 3 is 2.75 bits per heavy atom. The zero-order valence-electron chi connectivity index (χ0n) is 7.55. The summed E-state index contributed by atoms with van der Waals surface area (Å²) in [6.45, 7) is 2.21. The lowest BCUT2D eigenvalue weighted by atomic mass is 9.98. The molecule has 0 bridgehead atoms. The second-order valence-corrected chi connectivity index (χ2v) is 4.47.